The minimum atomic E-state index is -0.635. The third kappa shape index (κ3) is 6.45. The first kappa shape index (κ1) is 24.1. The van der Waals surface area contributed by atoms with Crippen LogP contribution in [0.5, 0.6) is 5.75 Å². The smallest absolute Gasteiger partial charge is 0.261 e. The van der Waals surface area contributed by atoms with Crippen LogP contribution in [0.2, 0.25) is 5.02 Å². The van der Waals surface area contributed by atoms with Gasteiger partial charge in [0.05, 0.1) is 0 Å². The Bertz CT molecular complexity index is 929. The summed E-state index contributed by atoms with van der Waals surface area (Å²) in [6.45, 7) is 3.72. The van der Waals surface area contributed by atoms with Crippen LogP contribution in [0.1, 0.15) is 50.2 Å². The van der Waals surface area contributed by atoms with Gasteiger partial charge in [-0.3, -0.25) is 9.59 Å². The Morgan fingerprint density at radius 1 is 1.19 bits per heavy atom. The number of carbonyl (C=O) groups is 2. The molecular formula is C25H30ClFN2O3. The van der Waals surface area contributed by atoms with Crippen LogP contribution in [0.3, 0.4) is 0 Å². The van der Waals surface area contributed by atoms with Crippen molar-refractivity contribution in [1.29, 1.82) is 0 Å². The van der Waals surface area contributed by atoms with Gasteiger partial charge in [-0.1, -0.05) is 43.5 Å². The number of benzene rings is 2. The van der Waals surface area contributed by atoms with Crippen LogP contribution in [0, 0.1) is 12.7 Å². The summed E-state index contributed by atoms with van der Waals surface area (Å²) in [5, 5.41) is 3.72. The van der Waals surface area contributed by atoms with E-state index in [9.17, 15) is 14.0 Å². The molecule has 0 radical (unpaired) electrons. The van der Waals surface area contributed by atoms with Gasteiger partial charge in [0.2, 0.25) is 5.91 Å². The SMILES string of the molecule is CC[C@@H](C(=O)NC1CCCC1)N(Cc1ccc(F)cc1)C(=O)COc1ccc(Cl)c(C)c1. The molecule has 0 aliphatic heterocycles. The van der Waals surface area contributed by atoms with Crippen molar-refractivity contribution < 1.29 is 18.7 Å². The van der Waals surface area contributed by atoms with Gasteiger partial charge in [0, 0.05) is 17.6 Å². The fraction of sp³-hybridized carbons (Fsp3) is 0.440. The van der Waals surface area contributed by atoms with E-state index in [2.05, 4.69) is 5.32 Å². The molecule has 2 aromatic carbocycles. The average Bonchev–Trinajstić information content (AvgIpc) is 3.28. The molecule has 0 heterocycles. The average molecular weight is 461 g/mol. The third-order valence-corrected chi connectivity index (χ3v) is 6.27. The minimum absolute atomic E-state index is 0.155. The number of amides is 2. The van der Waals surface area contributed by atoms with E-state index in [1.54, 1.807) is 30.3 Å². The summed E-state index contributed by atoms with van der Waals surface area (Å²) in [5.41, 5.74) is 1.59. The first-order chi connectivity index (χ1) is 15.4. The number of halogens is 2. The predicted molar refractivity (Wildman–Crippen MR) is 123 cm³/mol. The van der Waals surface area contributed by atoms with Crippen molar-refractivity contribution in [2.24, 2.45) is 0 Å². The molecule has 0 spiro atoms. The summed E-state index contributed by atoms with van der Waals surface area (Å²) in [6, 6.07) is 10.7. The van der Waals surface area contributed by atoms with E-state index in [0.29, 0.717) is 17.2 Å². The monoisotopic (exact) mass is 460 g/mol. The first-order valence-electron chi connectivity index (χ1n) is 11.1. The Morgan fingerprint density at radius 3 is 2.50 bits per heavy atom. The molecule has 1 atom stereocenters. The second-order valence-corrected chi connectivity index (χ2v) is 8.67. The van der Waals surface area contributed by atoms with Gasteiger partial charge < -0.3 is 15.0 Å². The van der Waals surface area contributed by atoms with Gasteiger partial charge in [0.25, 0.3) is 5.91 Å². The molecule has 0 unspecified atom stereocenters. The molecule has 7 heteroatoms. The van der Waals surface area contributed by atoms with Gasteiger partial charge in [-0.15, -0.1) is 0 Å². The highest BCUT2D eigenvalue weighted by Gasteiger charge is 2.30. The molecule has 2 aromatic rings. The van der Waals surface area contributed by atoms with Gasteiger partial charge in [0.1, 0.15) is 17.6 Å². The van der Waals surface area contributed by atoms with E-state index in [0.717, 1.165) is 36.8 Å². The number of nitrogens with zero attached hydrogens (tertiary/aromatic N) is 1. The molecule has 2 amide bonds. The van der Waals surface area contributed by atoms with Gasteiger partial charge in [0.15, 0.2) is 6.61 Å². The number of hydrogen-bond acceptors (Lipinski definition) is 3. The summed E-state index contributed by atoms with van der Waals surface area (Å²) in [5.74, 6) is -0.280. The highest BCUT2D eigenvalue weighted by atomic mass is 35.5. The fourth-order valence-electron chi connectivity index (χ4n) is 4.01. The zero-order chi connectivity index (χ0) is 23.1. The van der Waals surface area contributed by atoms with Crippen LogP contribution in [0.15, 0.2) is 42.5 Å². The second-order valence-electron chi connectivity index (χ2n) is 8.26. The molecule has 32 heavy (non-hydrogen) atoms. The van der Waals surface area contributed by atoms with E-state index < -0.39 is 6.04 Å². The van der Waals surface area contributed by atoms with Crippen LogP contribution in [-0.2, 0) is 16.1 Å². The molecule has 1 saturated carbocycles. The molecule has 0 bridgehead atoms. The number of nitrogens with one attached hydrogen (secondary N) is 1. The lowest BCUT2D eigenvalue weighted by Crippen LogP contribution is -2.52. The molecule has 5 nitrogen and oxygen atoms in total. The molecule has 0 aromatic heterocycles. The van der Waals surface area contributed by atoms with Crippen molar-refractivity contribution in [2.75, 3.05) is 6.61 Å². The van der Waals surface area contributed by atoms with E-state index in [-0.39, 0.29) is 36.8 Å². The number of carbonyl (C=O) groups excluding carboxylic acids is 2. The molecule has 1 fully saturated rings. The largest absolute Gasteiger partial charge is 0.484 e. The van der Waals surface area contributed by atoms with Crippen LogP contribution in [0.25, 0.3) is 0 Å². The van der Waals surface area contributed by atoms with Crippen LogP contribution >= 0.6 is 11.6 Å². The Kier molecular flexibility index (Phi) is 8.51. The standard InChI is InChI=1S/C25H30ClFN2O3/c1-3-23(25(31)28-20-6-4-5-7-20)29(15-18-8-10-19(27)11-9-18)24(30)16-32-21-12-13-22(26)17(2)14-21/h8-14,20,23H,3-7,15-16H2,1-2H3,(H,28,31)/t23-/m0/s1. The highest BCUT2D eigenvalue weighted by Crippen LogP contribution is 2.22. The summed E-state index contributed by atoms with van der Waals surface area (Å²) < 4.78 is 19.1. The maximum absolute atomic E-state index is 13.4. The zero-order valence-corrected chi connectivity index (χ0v) is 19.3. The maximum Gasteiger partial charge on any atom is 0.261 e. The molecule has 172 valence electrons. The Labute approximate surface area is 193 Å². The predicted octanol–water partition coefficient (Wildman–Crippen LogP) is 5.03. The van der Waals surface area contributed by atoms with Crippen LogP contribution < -0.4 is 10.1 Å². The maximum atomic E-state index is 13.4. The fourth-order valence-corrected chi connectivity index (χ4v) is 4.13. The van der Waals surface area contributed by atoms with Gasteiger partial charge >= 0.3 is 0 Å². The molecule has 1 aliphatic rings. The van der Waals surface area contributed by atoms with Crippen LogP contribution in [0.4, 0.5) is 4.39 Å². The molecule has 0 saturated heterocycles. The van der Waals surface area contributed by atoms with Crippen molar-refractivity contribution in [2.45, 2.75) is 64.6 Å². The highest BCUT2D eigenvalue weighted by molar-refractivity contribution is 6.31. The van der Waals surface area contributed by atoms with Crippen molar-refractivity contribution in [3.05, 3.63) is 64.4 Å². The minimum Gasteiger partial charge on any atom is -0.484 e. The lowest BCUT2D eigenvalue weighted by Gasteiger charge is -2.31. The summed E-state index contributed by atoms with van der Waals surface area (Å²) >= 11 is 6.06. The number of hydrogen-bond donors (Lipinski definition) is 1. The molecular weight excluding hydrogens is 431 g/mol. The number of aryl methyl sites for hydroxylation is 1. The van der Waals surface area contributed by atoms with Gasteiger partial charge in [-0.2, -0.15) is 0 Å². The van der Waals surface area contributed by atoms with E-state index >= 15 is 0 Å². The van der Waals surface area contributed by atoms with E-state index in [1.165, 1.54) is 17.0 Å². The molecule has 3 rings (SSSR count). The van der Waals surface area contributed by atoms with Crippen LogP contribution in [-0.4, -0.2) is 35.4 Å². The van der Waals surface area contributed by atoms with Gasteiger partial charge in [-0.05, 0) is 67.6 Å². The third-order valence-electron chi connectivity index (χ3n) is 5.85. The summed E-state index contributed by atoms with van der Waals surface area (Å²) in [6.07, 6.45) is 4.61. The Hall–Kier alpha value is -2.60. The molecule has 1 aliphatic carbocycles. The molecule has 1 N–H and O–H groups in total. The van der Waals surface area contributed by atoms with Crippen molar-refractivity contribution in [1.82, 2.24) is 10.2 Å². The van der Waals surface area contributed by atoms with E-state index in [4.69, 9.17) is 16.3 Å². The zero-order valence-electron chi connectivity index (χ0n) is 18.6. The Balaban J connectivity index is 1.75. The van der Waals surface area contributed by atoms with Crippen molar-refractivity contribution in [3.63, 3.8) is 0 Å². The lowest BCUT2D eigenvalue weighted by atomic mass is 10.1. The quantitative estimate of drug-likeness (QED) is 0.570. The second kappa shape index (κ2) is 11.3. The number of ether oxygens (including phenoxy) is 1. The normalized spacial score (nSPS) is 14.8. The topological polar surface area (TPSA) is 58.6 Å². The first-order valence-corrected chi connectivity index (χ1v) is 11.5. The summed E-state index contributed by atoms with van der Waals surface area (Å²) in [4.78, 5) is 27.8. The van der Waals surface area contributed by atoms with E-state index in [1.807, 2.05) is 13.8 Å². The number of rotatable bonds is 9. The van der Waals surface area contributed by atoms with Crippen molar-refractivity contribution >= 4 is 23.4 Å². The van der Waals surface area contributed by atoms with Gasteiger partial charge in [-0.25, -0.2) is 4.39 Å². The van der Waals surface area contributed by atoms with Crippen molar-refractivity contribution in [3.8, 4) is 5.75 Å². The lowest BCUT2D eigenvalue weighted by molar-refractivity contribution is -0.143. The summed E-state index contributed by atoms with van der Waals surface area (Å²) in [7, 11) is 0. The Morgan fingerprint density at radius 2 is 1.88 bits per heavy atom.